The molecule has 1 fully saturated rings. The van der Waals surface area contributed by atoms with Gasteiger partial charge in [0.15, 0.2) is 6.29 Å². The van der Waals surface area contributed by atoms with E-state index in [1.54, 1.807) is 0 Å². The molecule has 1 aliphatic rings. The van der Waals surface area contributed by atoms with E-state index in [1.165, 1.54) is 0 Å². The molecule has 0 radical (unpaired) electrons. The number of hydrogen-bond donors (Lipinski definition) is 1. The summed E-state index contributed by atoms with van der Waals surface area (Å²) in [5.74, 6) is -0.833. The second-order valence-electron chi connectivity index (χ2n) is 1.53. The van der Waals surface area contributed by atoms with Crippen molar-refractivity contribution in [2.75, 3.05) is 6.61 Å². The molecule has 5 nitrogen and oxygen atoms in total. The van der Waals surface area contributed by atoms with Gasteiger partial charge in [0.1, 0.15) is 6.10 Å². The molecule has 1 heterocycles. The zero-order valence-electron chi connectivity index (χ0n) is 5.53. The molecular weight excluding hydrogens is 140 g/mol. The third kappa shape index (κ3) is 15.7. The second kappa shape index (κ2) is 6.18. The molecular formula is C5H10O5. The number of aliphatic carboxylic acids is 1. The van der Waals surface area contributed by atoms with Gasteiger partial charge in [-0.25, -0.2) is 0 Å². The first kappa shape index (κ1) is 11.8. The van der Waals surface area contributed by atoms with Crippen molar-refractivity contribution in [2.24, 2.45) is 0 Å². The molecule has 0 aromatic carbocycles. The number of rotatable bonds is 1. The van der Waals surface area contributed by atoms with Gasteiger partial charge in [-0.3, -0.25) is 4.79 Å². The van der Waals surface area contributed by atoms with Crippen LogP contribution >= 0.6 is 0 Å². The molecule has 5 heteroatoms. The molecule has 0 bridgehead atoms. The van der Waals surface area contributed by atoms with Crippen molar-refractivity contribution in [1.82, 2.24) is 0 Å². The number of hydrogen-bond acceptors (Lipinski definition) is 3. The quantitative estimate of drug-likeness (QED) is 0.377. The lowest BCUT2D eigenvalue weighted by atomic mass is 10.6. The predicted molar refractivity (Wildman–Crippen MR) is 32.7 cm³/mol. The Labute approximate surface area is 57.9 Å². The van der Waals surface area contributed by atoms with Crippen LogP contribution in [-0.4, -0.2) is 35.5 Å². The molecule has 0 amide bonds. The molecule has 60 valence electrons. The van der Waals surface area contributed by atoms with E-state index < -0.39 is 5.97 Å². The summed E-state index contributed by atoms with van der Waals surface area (Å²) in [7, 11) is 0. The minimum Gasteiger partial charge on any atom is -0.481 e. The summed E-state index contributed by atoms with van der Waals surface area (Å²) in [6.45, 7) is 1.73. The Morgan fingerprint density at radius 1 is 1.80 bits per heavy atom. The number of carbonyl (C=O) groups is 2. The van der Waals surface area contributed by atoms with E-state index in [9.17, 15) is 4.79 Å². The lowest BCUT2D eigenvalue weighted by Gasteiger charge is -1.59. The summed E-state index contributed by atoms with van der Waals surface area (Å²) >= 11 is 0. The van der Waals surface area contributed by atoms with Crippen LogP contribution in [-0.2, 0) is 14.3 Å². The van der Waals surface area contributed by atoms with Gasteiger partial charge < -0.3 is 20.1 Å². The van der Waals surface area contributed by atoms with Gasteiger partial charge in [0, 0.05) is 6.92 Å². The minimum atomic E-state index is -0.833. The number of aldehydes is 1. The van der Waals surface area contributed by atoms with Crippen LogP contribution in [0.3, 0.4) is 0 Å². The van der Waals surface area contributed by atoms with Crippen molar-refractivity contribution in [3.05, 3.63) is 0 Å². The first-order valence-electron chi connectivity index (χ1n) is 2.43. The monoisotopic (exact) mass is 150 g/mol. The first-order valence-corrected chi connectivity index (χ1v) is 2.43. The fourth-order valence-corrected chi connectivity index (χ4v) is 0.134. The van der Waals surface area contributed by atoms with Crippen LogP contribution in [0.4, 0.5) is 0 Å². The largest absolute Gasteiger partial charge is 0.481 e. The summed E-state index contributed by atoms with van der Waals surface area (Å²) in [5.41, 5.74) is 0. The van der Waals surface area contributed by atoms with Crippen molar-refractivity contribution in [3.63, 3.8) is 0 Å². The van der Waals surface area contributed by atoms with Crippen LogP contribution in [0.2, 0.25) is 0 Å². The Kier molecular flexibility index (Phi) is 7.30. The van der Waals surface area contributed by atoms with Gasteiger partial charge in [0.25, 0.3) is 5.97 Å². The summed E-state index contributed by atoms with van der Waals surface area (Å²) < 4.78 is 4.49. The Hall–Kier alpha value is -0.940. The van der Waals surface area contributed by atoms with Crippen LogP contribution < -0.4 is 0 Å². The Balaban J connectivity index is 0. The third-order valence-electron chi connectivity index (χ3n) is 0.511. The number of carbonyl (C=O) groups excluding carboxylic acids is 1. The van der Waals surface area contributed by atoms with Crippen molar-refractivity contribution in [2.45, 2.75) is 13.0 Å². The topological polar surface area (TPSA) is 98.4 Å². The first-order chi connectivity index (χ1) is 4.16. The second-order valence-corrected chi connectivity index (χ2v) is 1.53. The van der Waals surface area contributed by atoms with Gasteiger partial charge in [0.05, 0.1) is 6.61 Å². The Morgan fingerprint density at radius 3 is 2.10 bits per heavy atom. The minimum absolute atomic E-state index is 0. The number of carboxylic acids is 1. The summed E-state index contributed by atoms with van der Waals surface area (Å²) in [5, 5.41) is 7.42. The van der Waals surface area contributed by atoms with Crippen LogP contribution in [0.1, 0.15) is 6.92 Å². The molecule has 0 aliphatic carbocycles. The van der Waals surface area contributed by atoms with Crippen molar-refractivity contribution in [1.29, 1.82) is 0 Å². The van der Waals surface area contributed by atoms with Gasteiger partial charge in [-0.1, -0.05) is 0 Å². The van der Waals surface area contributed by atoms with Gasteiger partial charge in [0.2, 0.25) is 0 Å². The van der Waals surface area contributed by atoms with E-state index in [-0.39, 0.29) is 11.6 Å². The van der Waals surface area contributed by atoms with E-state index in [0.717, 1.165) is 13.2 Å². The molecule has 1 saturated heterocycles. The lowest BCUT2D eigenvalue weighted by Crippen LogP contribution is -1.79. The average Bonchev–Trinajstić information content (AvgIpc) is 2.43. The number of ether oxygens (including phenoxy) is 1. The van der Waals surface area contributed by atoms with E-state index in [2.05, 4.69) is 4.74 Å². The molecule has 3 N–H and O–H groups in total. The molecule has 0 aromatic rings. The maximum Gasteiger partial charge on any atom is 0.300 e. The summed E-state index contributed by atoms with van der Waals surface area (Å²) in [6, 6.07) is 0. The van der Waals surface area contributed by atoms with E-state index >= 15 is 0 Å². The highest BCUT2D eigenvalue weighted by Gasteiger charge is 2.19. The van der Waals surface area contributed by atoms with E-state index in [0.29, 0.717) is 6.61 Å². The van der Waals surface area contributed by atoms with E-state index in [4.69, 9.17) is 9.90 Å². The van der Waals surface area contributed by atoms with Crippen molar-refractivity contribution >= 4 is 12.3 Å². The normalized spacial score (nSPS) is 19.1. The Morgan fingerprint density at radius 2 is 2.10 bits per heavy atom. The molecule has 10 heavy (non-hydrogen) atoms. The molecule has 1 aliphatic heterocycles. The van der Waals surface area contributed by atoms with Gasteiger partial charge >= 0.3 is 0 Å². The lowest BCUT2D eigenvalue weighted by molar-refractivity contribution is -0.134. The highest BCUT2D eigenvalue weighted by molar-refractivity contribution is 5.62. The van der Waals surface area contributed by atoms with Crippen LogP contribution in [0, 0.1) is 0 Å². The SMILES string of the molecule is CC(=O)O.O.O=CC1CO1. The number of epoxide rings is 1. The standard InChI is InChI=1S/C3H4O2.C2H4O2.H2O/c4-1-3-2-5-3;1-2(3)4;/h1,3H,2H2;1H3,(H,3,4);1H2. The zero-order valence-corrected chi connectivity index (χ0v) is 5.53. The van der Waals surface area contributed by atoms with Gasteiger partial charge in [-0.2, -0.15) is 0 Å². The van der Waals surface area contributed by atoms with Gasteiger partial charge in [-0.15, -0.1) is 0 Å². The summed E-state index contributed by atoms with van der Waals surface area (Å²) in [6.07, 6.45) is 0.759. The predicted octanol–water partition coefficient (Wildman–Crippen LogP) is -1.15. The maximum absolute atomic E-state index is 9.44. The van der Waals surface area contributed by atoms with Crippen LogP contribution in [0.5, 0.6) is 0 Å². The Bertz CT molecular complexity index is 103. The zero-order chi connectivity index (χ0) is 7.28. The van der Waals surface area contributed by atoms with Crippen molar-refractivity contribution in [3.8, 4) is 0 Å². The molecule has 1 unspecified atom stereocenters. The smallest absolute Gasteiger partial charge is 0.300 e. The van der Waals surface area contributed by atoms with E-state index in [1.807, 2.05) is 0 Å². The third-order valence-corrected chi connectivity index (χ3v) is 0.511. The van der Waals surface area contributed by atoms with Crippen LogP contribution in [0.15, 0.2) is 0 Å². The van der Waals surface area contributed by atoms with Gasteiger partial charge in [-0.05, 0) is 0 Å². The highest BCUT2D eigenvalue weighted by Crippen LogP contribution is 2.02. The highest BCUT2D eigenvalue weighted by atomic mass is 16.6. The average molecular weight is 150 g/mol. The molecule has 1 atom stereocenters. The molecule has 1 rings (SSSR count). The fourth-order valence-electron chi connectivity index (χ4n) is 0.134. The fraction of sp³-hybridized carbons (Fsp3) is 0.600. The van der Waals surface area contributed by atoms with Crippen LogP contribution in [0.25, 0.3) is 0 Å². The molecule has 0 saturated carbocycles. The molecule has 0 aromatic heterocycles. The maximum atomic E-state index is 9.44. The number of carboxylic acid groups (broad SMARTS) is 1. The summed E-state index contributed by atoms with van der Waals surface area (Å²) in [4.78, 5) is 18.4. The molecule has 0 spiro atoms. The van der Waals surface area contributed by atoms with Crippen molar-refractivity contribution < 1.29 is 24.9 Å².